The van der Waals surface area contributed by atoms with Gasteiger partial charge in [0.2, 0.25) is 5.78 Å². The van der Waals surface area contributed by atoms with Crippen molar-refractivity contribution in [1.29, 1.82) is 0 Å². The molecule has 3 aromatic carbocycles. The van der Waals surface area contributed by atoms with Crippen molar-refractivity contribution in [3.05, 3.63) is 100 Å². The summed E-state index contributed by atoms with van der Waals surface area (Å²) >= 11 is 1.33. The number of halogens is 1. The molecule has 6 heteroatoms. The zero-order valence-corrected chi connectivity index (χ0v) is 15.9. The number of hydrogen-bond acceptors (Lipinski definition) is 4. The lowest BCUT2D eigenvalue weighted by Gasteiger charge is -2.08. The number of carbonyl (C=O) groups excluding carboxylic acids is 1. The van der Waals surface area contributed by atoms with Crippen molar-refractivity contribution in [3.8, 4) is 5.75 Å². The van der Waals surface area contributed by atoms with Crippen LogP contribution in [0.3, 0.4) is 0 Å². The Labute approximate surface area is 169 Å². The lowest BCUT2D eigenvalue weighted by molar-refractivity contribution is 0.0696. The fourth-order valence-corrected chi connectivity index (χ4v) is 4.06. The predicted molar refractivity (Wildman–Crippen MR) is 109 cm³/mol. The van der Waals surface area contributed by atoms with Crippen LogP contribution in [-0.4, -0.2) is 16.9 Å². The van der Waals surface area contributed by atoms with Gasteiger partial charge in [-0.1, -0.05) is 24.3 Å². The lowest BCUT2D eigenvalue weighted by atomic mass is 10.1. The van der Waals surface area contributed by atoms with E-state index >= 15 is 0 Å². The largest absolute Gasteiger partial charge is 0.487 e. The predicted octanol–water partition coefficient (Wildman–Crippen LogP) is 5.55. The van der Waals surface area contributed by atoms with Crippen LogP contribution >= 0.6 is 11.3 Å². The molecule has 1 heterocycles. The summed E-state index contributed by atoms with van der Waals surface area (Å²) in [6, 6.07) is 19.4. The number of fused-ring (bicyclic) bond motifs is 1. The van der Waals surface area contributed by atoms with E-state index in [0.717, 1.165) is 15.6 Å². The second-order valence-corrected chi connectivity index (χ2v) is 7.44. The highest BCUT2D eigenvalue weighted by Gasteiger charge is 2.21. The first-order chi connectivity index (χ1) is 14.0. The third-order valence-electron chi connectivity index (χ3n) is 4.45. The summed E-state index contributed by atoms with van der Waals surface area (Å²) in [4.78, 5) is 24.5. The van der Waals surface area contributed by atoms with Crippen LogP contribution in [0, 0.1) is 5.82 Å². The van der Waals surface area contributed by atoms with Gasteiger partial charge in [-0.2, -0.15) is 0 Å². The molecule has 29 heavy (non-hydrogen) atoms. The molecule has 0 aliphatic carbocycles. The highest BCUT2D eigenvalue weighted by Crippen LogP contribution is 2.39. The second kappa shape index (κ2) is 7.85. The Bertz CT molecular complexity index is 1190. The Balaban J connectivity index is 1.67. The van der Waals surface area contributed by atoms with Gasteiger partial charge in [-0.05, 0) is 54.1 Å². The molecular weight excluding hydrogens is 391 g/mol. The number of carboxylic acid groups (broad SMARTS) is 1. The average molecular weight is 406 g/mol. The standard InChI is InChI=1S/C23H15FO4S/c24-17-11-9-15(10-12-17)20(25)22-21(18-3-1-2-4-19(18)29-22)28-13-14-5-7-16(8-6-14)23(26)27/h1-12H,13H2,(H,26,27). The van der Waals surface area contributed by atoms with Crippen molar-refractivity contribution < 1.29 is 23.8 Å². The van der Waals surface area contributed by atoms with Crippen molar-refractivity contribution >= 4 is 33.2 Å². The van der Waals surface area contributed by atoms with E-state index in [9.17, 15) is 14.0 Å². The van der Waals surface area contributed by atoms with Crippen molar-refractivity contribution in [1.82, 2.24) is 0 Å². The maximum atomic E-state index is 13.2. The van der Waals surface area contributed by atoms with Crippen LogP contribution in [0.1, 0.15) is 31.2 Å². The Morgan fingerprint density at radius 2 is 1.55 bits per heavy atom. The van der Waals surface area contributed by atoms with Gasteiger partial charge in [-0.3, -0.25) is 4.79 Å². The SMILES string of the molecule is O=C(O)c1ccc(COc2c(C(=O)c3ccc(F)cc3)sc3ccccc23)cc1. The van der Waals surface area contributed by atoms with Gasteiger partial charge in [0.05, 0.1) is 5.56 Å². The van der Waals surface area contributed by atoms with E-state index in [1.54, 1.807) is 12.1 Å². The number of carbonyl (C=O) groups is 2. The molecule has 0 aliphatic heterocycles. The molecule has 0 atom stereocenters. The molecule has 0 bridgehead atoms. The molecule has 0 unspecified atom stereocenters. The molecule has 144 valence electrons. The molecule has 1 N–H and O–H groups in total. The molecule has 4 nitrogen and oxygen atoms in total. The third-order valence-corrected chi connectivity index (χ3v) is 5.60. The van der Waals surface area contributed by atoms with Crippen LogP contribution in [0.15, 0.2) is 72.8 Å². The highest BCUT2D eigenvalue weighted by molar-refractivity contribution is 7.21. The molecule has 0 aliphatic rings. The van der Waals surface area contributed by atoms with E-state index in [1.165, 1.54) is 47.7 Å². The number of ether oxygens (including phenoxy) is 1. The minimum atomic E-state index is -0.992. The van der Waals surface area contributed by atoms with Gasteiger partial charge in [0.25, 0.3) is 0 Å². The van der Waals surface area contributed by atoms with Crippen LogP contribution in [0.5, 0.6) is 5.75 Å². The van der Waals surface area contributed by atoms with E-state index in [4.69, 9.17) is 9.84 Å². The van der Waals surface area contributed by atoms with E-state index in [0.29, 0.717) is 16.2 Å². The van der Waals surface area contributed by atoms with Gasteiger partial charge in [0.15, 0.2) is 0 Å². The Morgan fingerprint density at radius 3 is 2.24 bits per heavy atom. The number of benzene rings is 3. The number of carboxylic acids is 1. The van der Waals surface area contributed by atoms with Gasteiger partial charge >= 0.3 is 5.97 Å². The van der Waals surface area contributed by atoms with E-state index in [1.807, 2.05) is 24.3 Å². The quantitative estimate of drug-likeness (QED) is 0.427. The average Bonchev–Trinajstić information content (AvgIpc) is 3.11. The minimum absolute atomic E-state index is 0.185. The number of aromatic carboxylic acids is 1. The van der Waals surface area contributed by atoms with Crippen LogP contribution < -0.4 is 4.74 Å². The first-order valence-electron chi connectivity index (χ1n) is 8.80. The number of rotatable bonds is 6. The number of hydrogen-bond donors (Lipinski definition) is 1. The van der Waals surface area contributed by atoms with Crippen LogP contribution in [-0.2, 0) is 6.61 Å². The van der Waals surface area contributed by atoms with Crippen molar-refractivity contribution in [2.24, 2.45) is 0 Å². The van der Waals surface area contributed by atoms with Crippen LogP contribution in [0.4, 0.5) is 4.39 Å². The number of thiophene rings is 1. The third kappa shape index (κ3) is 3.88. The van der Waals surface area contributed by atoms with Gasteiger partial charge in [-0.15, -0.1) is 11.3 Å². The zero-order chi connectivity index (χ0) is 20.4. The summed E-state index contributed by atoms with van der Waals surface area (Å²) in [6.45, 7) is 0.185. The van der Waals surface area contributed by atoms with E-state index in [-0.39, 0.29) is 18.0 Å². The Kier molecular flexibility index (Phi) is 5.10. The molecule has 0 spiro atoms. The molecule has 4 aromatic rings. The van der Waals surface area contributed by atoms with Gasteiger partial charge in [0.1, 0.15) is 23.1 Å². The van der Waals surface area contributed by atoms with E-state index in [2.05, 4.69) is 0 Å². The Hall–Kier alpha value is -3.51. The van der Waals surface area contributed by atoms with Crippen molar-refractivity contribution in [2.75, 3.05) is 0 Å². The fourth-order valence-electron chi connectivity index (χ4n) is 2.95. The van der Waals surface area contributed by atoms with Crippen LogP contribution in [0.2, 0.25) is 0 Å². The van der Waals surface area contributed by atoms with Crippen molar-refractivity contribution in [3.63, 3.8) is 0 Å². The molecule has 1 aromatic heterocycles. The molecular formula is C23H15FO4S. The fraction of sp³-hybridized carbons (Fsp3) is 0.0435. The summed E-state index contributed by atoms with van der Waals surface area (Å²) < 4.78 is 20.1. The van der Waals surface area contributed by atoms with Gasteiger partial charge in [-0.25, -0.2) is 9.18 Å². The second-order valence-electron chi connectivity index (χ2n) is 6.38. The monoisotopic (exact) mass is 406 g/mol. The smallest absolute Gasteiger partial charge is 0.335 e. The summed E-state index contributed by atoms with van der Waals surface area (Å²) in [7, 11) is 0. The summed E-state index contributed by atoms with van der Waals surface area (Å²) in [5, 5.41) is 9.83. The Morgan fingerprint density at radius 1 is 0.897 bits per heavy atom. The van der Waals surface area contributed by atoms with Gasteiger partial charge in [0, 0.05) is 15.6 Å². The molecule has 0 saturated carbocycles. The van der Waals surface area contributed by atoms with Crippen molar-refractivity contribution in [2.45, 2.75) is 6.61 Å². The minimum Gasteiger partial charge on any atom is -0.487 e. The molecule has 0 fully saturated rings. The van der Waals surface area contributed by atoms with Crippen LogP contribution in [0.25, 0.3) is 10.1 Å². The first-order valence-corrected chi connectivity index (χ1v) is 9.61. The molecule has 4 rings (SSSR count). The summed E-state index contributed by atoms with van der Waals surface area (Å²) in [5.74, 6) is -1.16. The highest BCUT2D eigenvalue weighted by atomic mass is 32.1. The topological polar surface area (TPSA) is 63.6 Å². The normalized spacial score (nSPS) is 10.8. The molecule has 0 radical (unpaired) electrons. The summed E-state index contributed by atoms with van der Waals surface area (Å²) in [6.07, 6.45) is 0. The van der Waals surface area contributed by atoms with Gasteiger partial charge < -0.3 is 9.84 Å². The van der Waals surface area contributed by atoms with E-state index < -0.39 is 11.8 Å². The maximum absolute atomic E-state index is 13.2. The maximum Gasteiger partial charge on any atom is 0.335 e. The number of ketones is 1. The molecule has 0 amide bonds. The lowest BCUT2D eigenvalue weighted by Crippen LogP contribution is -2.03. The summed E-state index contributed by atoms with van der Waals surface area (Å²) in [5.41, 5.74) is 1.36. The first kappa shape index (κ1) is 18.8. The molecule has 0 saturated heterocycles. The zero-order valence-electron chi connectivity index (χ0n) is 15.1.